The fourth-order valence-electron chi connectivity index (χ4n) is 1.89. The quantitative estimate of drug-likeness (QED) is 0.776. The number of nitrogens with one attached hydrogen (secondary N) is 2. The fourth-order valence-corrected chi connectivity index (χ4v) is 1.89. The van der Waals surface area contributed by atoms with Crippen molar-refractivity contribution in [1.82, 2.24) is 0 Å². The first-order valence-corrected chi connectivity index (χ1v) is 5.46. The molecule has 1 amide bonds. The Hall–Kier alpha value is -1.51. The standard InChI is InChI=1S/C12H16N2O/c1-2-13-10-6-7-11-9(8-10)4-3-5-12(15)14-11/h6-8,13H,2-5H2,1H3,(H,14,15). The van der Waals surface area contributed by atoms with Crippen molar-refractivity contribution < 1.29 is 4.79 Å². The van der Waals surface area contributed by atoms with Crippen molar-refractivity contribution in [2.45, 2.75) is 26.2 Å². The molecule has 1 aliphatic heterocycles. The molecule has 0 radical (unpaired) electrons. The lowest BCUT2D eigenvalue weighted by Crippen LogP contribution is -2.09. The second kappa shape index (κ2) is 4.34. The van der Waals surface area contributed by atoms with E-state index in [-0.39, 0.29) is 5.91 Å². The Labute approximate surface area is 89.9 Å². The maximum atomic E-state index is 11.3. The molecule has 0 fully saturated rings. The van der Waals surface area contributed by atoms with E-state index in [1.54, 1.807) is 0 Å². The van der Waals surface area contributed by atoms with Gasteiger partial charge in [-0.05, 0) is 43.5 Å². The van der Waals surface area contributed by atoms with E-state index < -0.39 is 0 Å². The molecule has 1 heterocycles. The van der Waals surface area contributed by atoms with Crippen molar-refractivity contribution >= 4 is 17.3 Å². The molecule has 0 atom stereocenters. The average molecular weight is 204 g/mol. The van der Waals surface area contributed by atoms with Gasteiger partial charge in [-0.15, -0.1) is 0 Å². The van der Waals surface area contributed by atoms with E-state index in [9.17, 15) is 4.79 Å². The van der Waals surface area contributed by atoms with Crippen LogP contribution >= 0.6 is 0 Å². The van der Waals surface area contributed by atoms with Crippen LogP contribution in [-0.2, 0) is 11.2 Å². The summed E-state index contributed by atoms with van der Waals surface area (Å²) in [6.45, 7) is 3.00. The number of hydrogen-bond acceptors (Lipinski definition) is 2. The van der Waals surface area contributed by atoms with Gasteiger partial charge in [-0.3, -0.25) is 4.79 Å². The van der Waals surface area contributed by atoms with Crippen LogP contribution in [0.25, 0.3) is 0 Å². The Kier molecular flexibility index (Phi) is 2.90. The maximum absolute atomic E-state index is 11.3. The summed E-state index contributed by atoms with van der Waals surface area (Å²) in [4.78, 5) is 11.3. The number of amides is 1. The summed E-state index contributed by atoms with van der Waals surface area (Å²) in [6, 6.07) is 6.12. The van der Waals surface area contributed by atoms with Crippen molar-refractivity contribution in [1.29, 1.82) is 0 Å². The molecule has 80 valence electrons. The third-order valence-corrected chi connectivity index (χ3v) is 2.61. The number of rotatable bonds is 2. The molecule has 1 aliphatic rings. The van der Waals surface area contributed by atoms with Gasteiger partial charge in [0.05, 0.1) is 0 Å². The summed E-state index contributed by atoms with van der Waals surface area (Å²) in [5.74, 6) is 0.130. The molecule has 1 aromatic carbocycles. The summed E-state index contributed by atoms with van der Waals surface area (Å²) in [5.41, 5.74) is 3.34. The number of anilines is 2. The van der Waals surface area contributed by atoms with Crippen LogP contribution in [0.4, 0.5) is 11.4 Å². The second-order valence-electron chi connectivity index (χ2n) is 3.80. The van der Waals surface area contributed by atoms with Crippen LogP contribution in [0.5, 0.6) is 0 Å². The second-order valence-corrected chi connectivity index (χ2v) is 3.80. The van der Waals surface area contributed by atoms with Gasteiger partial charge in [0, 0.05) is 24.3 Å². The summed E-state index contributed by atoms with van der Waals surface area (Å²) in [6.07, 6.45) is 2.55. The molecule has 0 spiro atoms. The van der Waals surface area contributed by atoms with Crippen LogP contribution in [0.15, 0.2) is 18.2 Å². The fraction of sp³-hybridized carbons (Fsp3) is 0.417. The van der Waals surface area contributed by atoms with E-state index in [0.29, 0.717) is 6.42 Å². The van der Waals surface area contributed by atoms with E-state index in [2.05, 4.69) is 23.6 Å². The monoisotopic (exact) mass is 204 g/mol. The van der Waals surface area contributed by atoms with E-state index in [0.717, 1.165) is 30.8 Å². The highest BCUT2D eigenvalue weighted by Gasteiger charge is 2.12. The molecule has 3 heteroatoms. The first-order chi connectivity index (χ1) is 7.29. The third-order valence-electron chi connectivity index (χ3n) is 2.61. The highest BCUT2D eigenvalue weighted by Crippen LogP contribution is 2.25. The molecule has 2 rings (SSSR count). The molecule has 0 aliphatic carbocycles. The van der Waals surface area contributed by atoms with Crippen molar-refractivity contribution in [3.8, 4) is 0 Å². The Bertz CT molecular complexity index is 374. The molecule has 0 saturated heterocycles. The smallest absolute Gasteiger partial charge is 0.224 e. The number of carbonyl (C=O) groups is 1. The van der Waals surface area contributed by atoms with Gasteiger partial charge >= 0.3 is 0 Å². The molecule has 2 N–H and O–H groups in total. The van der Waals surface area contributed by atoms with Crippen LogP contribution in [-0.4, -0.2) is 12.5 Å². The van der Waals surface area contributed by atoms with Gasteiger partial charge in [0.2, 0.25) is 5.91 Å². The lowest BCUT2D eigenvalue weighted by atomic mass is 10.1. The Balaban J connectivity index is 2.27. The minimum Gasteiger partial charge on any atom is -0.385 e. The van der Waals surface area contributed by atoms with Crippen LogP contribution in [0.3, 0.4) is 0 Å². The van der Waals surface area contributed by atoms with Crippen LogP contribution in [0.2, 0.25) is 0 Å². The van der Waals surface area contributed by atoms with Gasteiger partial charge in [0.1, 0.15) is 0 Å². The number of aryl methyl sites for hydroxylation is 1. The molecule has 3 nitrogen and oxygen atoms in total. The van der Waals surface area contributed by atoms with Gasteiger partial charge in [-0.2, -0.15) is 0 Å². The largest absolute Gasteiger partial charge is 0.385 e. The first-order valence-electron chi connectivity index (χ1n) is 5.46. The third kappa shape index (κ3) is 2.29. The zero-order valence-electron chi connectivity index (χ0n) is 8.97. The van der Waals surface area contributed by atoms with Crippen molar-refractivity contribution in [2.75, 3.05) is 17.2 Å². The topological polar surface area (TPSA) is 41.1 Å². The molecule has 0 aromatic heterocycles. The van der Waals surface area contributed by atoms with Crippen LogP contribution in [0, 0.1) is 0 Å². The number of hydrogen-bond donors (Lipinski definition) is 2. The van der Waals surface area contributed by atoms with Crippen LogP contribution < -0.4 is 10.6 Å². The highest BCUT2D eigenvalue weighted by molar-refractivity contribution is 5.92. The van der Waals surface area contributed by atoms with E-state index in [1.807, 2.05) is 12.1 Å². The lowest BCUT2D eigenvalue weighted by Gasteiger charge is -2.09. The SMILES string of the molecule is CCNc1ccc2c(c1)CCCC(=O)N2. The lowest BCUT2D eigenvalue weighted by molar-refractivity contribution is -0.116. The first kappa shape index (κ1) is 10.0. The summed E-state index contributed by atoms with van der Waals surface area (Å²) >= 11 is 0. The Morgan fingerprint density at radius 3 is 3.07 bits per heavy atom. The minimum absolute atomic E-state index is 0.130. The van der Waals surface area contributed by atoms with E-state index >= 15 is 0 Å². The molecule has 0 unspecified atom stereocenters. The minimum atomic E-state index is 0.130. The van der Waals surface area contributed by atoms with Gasteiger partial charge in [-0.25, -0.2) is 0 Å². The highest BCUT2D eigenvalue weighted by atomic mass is 16.1. The Morgan fingerprint density at radius 1 is 1.40 bits per heavy atom. The molecular formula is C12H16N2O. The molecular weight excluding hydrogens is 188 g/mol. The molecule has 15 heavy (non-hydrogen) atoms. The van der Waals surface area contributed by atoms with Crippen molar-refractivity contribution in [3.05, 3.63) is 23.8 Å². The van der Waals surface area contributed by atoms with E-state index in [1.165, 1.54) is 5.56 Å². The van der Waals surface area contributed by atoms with Crippen molar-refractivity contribution in [3.63, 3.8) is 0 Å². The van der Waals surface area contributed by atoms with Gasteiger partial charge in [-0.1, -0.05) is 0 Å². The normalized spacial score (nSPS) is 15.1. The zero-order valence-corrected chi connectivity index (χ0v) is 8.97. The summed E-state index contributed by atoms with van der Waals surface area (Å²) in [5, 5.41) is 6.20. The van der Waals surface area contributed by atoms with E-state index in [4.69, 9.17) is 0 Å². The van der Waals surface area contributed by atoms with Crippen molar-refractivity contribution in [2.24, 2.45) is 0 Å². The Morgan fingerprint density at radius 2 is 2.27 bits per heavy atom. The average Bonchev–Trinajstić information content (AvgIpc) is 2.39. The van der Waals surface area contributed by atoms with Crippen LogP contribution in [0.1, 0.15) is 25.3 Å². The summed E-state index contributed by atoms with van der Waals surface area (Å²) < 4.78 is 0. The summed E-state index contributed by atoms with van der Waals surface area (Å²) in [7, 11) is 0. The molecule has 0 bridgehead atoms. The maximum Gasteiger partial charge on any atom is 0.224 e. The zero-order chi connectivity index (χ0) is 10.7. The number of fused-ring (bicyclic) bond motifs is 1. The molecule has 1 aromatic rings. The number of benzene rings is 1. The predicted octanol–water partition coefficient (Wildman–Crippen LogP) is 2.39. The van der Waals surface area contributed by atoms with Gasteiger partial charge < -0.3 is 10.6 Å². The predicted molar refractivity (Wildman–Crippen MR) is 62.2 cm³/mol. The van der Waals surface area contributed by atoms with Gasteiger partial charge in [0.25, 0.3) is 0 Å². The number of carbonyl (C=O) groups excluding carboxylic acids is 1. The molecule has 0 saturated carbocycles. The van der Waals surface area contributed by atoms with Gasteiger partial charge in [0.15, 0.2) is 0 Å².